The number of aliphatic hydroxyl groups excluding tert-OH is 2. The Labute approximate surface area is 264 Å². The number of nitrogens with zero attached hydrogens (tertiary/aromatic N) is 1. The van der Waals surface area contributed by atoms with Crippen molar-refractivity contribution < 1.29 is 29.6 Å². The van der Waals surface area contributed by atoms with E-state index in [9.17, 15) is 20.1 Å². The van der Waals surface area contributed by atoms with Gasteiger partial charge in [-0.1, -0.05) is 79.7 Å². The van der Waals surface area contributed by atoms with E-state index in [1.165, 1.54) is 6.92 Å². The van der Waals surface area contributed by atoms with Gasteiger partial charge in [-0.05, 0) is 64.7 Å². The third-order valence-electron chi connectivity index (χ3n) is 8.32. The molecule has 4 N–H and O–H groups in total. The molecule has 1 amide bonds. The minimum atomic E-state index is -0.770. The van der Waals surface area contributed by atoms with Gasteiger partial charge in [0.15, 0.2) is 6.29 Å². The smallest absolute Gasteiger partial charge is 0.217 e. The number of phenolic OH excluding ortho intramolecular Hbond substituents is 1. The third kappa shape index (κ3) is 8.36. The average molecular weight is 611 g/mol. The number of likely N-dealkylation sites (N-methyl/N-ethyl adjacent to an activating group) is 1. The van der Waals surface area contributed by atoms with Gasteiger partial charge in [-0.3, -0.25) is 4.79 Å². The average Bonchev–Trinajstić information content (AvgIpc) is 3.05. The molecule has 0 saturated carbocycles. The van der Waals surface area contributed by atoms with E-state index in [1.807, 2.05) is 72.6 Å². The van der Waals surface area contributed by atoms with Crippen LogP contribution in [0.4, 0.5) is 0 Å². The van der Waals surface area contributed by atoms with Crippen LogP contribution in [0, 0.1) is 5.92 Å². The summed E-state index contributed by atoms with van der Waals surface area (Å²) in [5, 5.41) is 33.2. The van der Waals surface area contributed by atoms with Gasteiger partial charge in [0.25, 0.3) is 0 Å². The van der Waals surface area contributed by atoms with Gasteiger partial charge in [-0.15, -0.1) is 0 Å². The van der Waals surface area contributed by atoms with Crippen LogP contribution < -0.4 is 5.32 Å². The summed E-state index contributed by atoms with van der Waals surface area (Å²) in [6, 6.07) is 30.7. The number of amides is 1. The molecule has 236 valence electrons. The largest absolute Gasteiger partial charge is 0.508 e. The van der Waals surface area contributed by atoms with Gasteiger partial charge in [-0.2, -0.15) is 0 Å². The Hall–Kier alpha value is -4.05. The summed E-state index contributed by atoms with van der Waals surface area (Å²) in [5.74, 6) is 0.0308. The number of benzene rings is 4. The second kappa shape index (κ2) is 14.8. The summed E-state index contributed by atoms with van der Waals surface area (Å²) in [7, 11) is 1.95. The molecule has 8 heteroatoms. The number of aromatic hydroxyl groups is 1. The highest BCUT2D eigenvalue weighted by Gasteiger charge is 2.39. The Bertz CT molecular complexity index is 1580. The minimum Gasteiger partial charge on any atom is -0.508 e. The molecule has 0 spiro atoms. The molecule has 1 heterocycles. The Morgan fingerprint density at radius 1 is 0.889 bits per heavy atom. The van der Waals surface area contributed by atoms with Crippen molar-refractivity contribution in [1.82, 2.24) is 10.2 Å². The number of nitrogens with one attached hydrogen (secondary N) is 1. The fraction of sp³-hybridized carbons (Fsp3) is 0.324. The number of hydrogen-bond acceptors (Lipinski definition) is 7. The molecule has 5 rings (SSSR count). The molecule has 1 fully saturated rings. The lowest BCUT2D eigenvalue weighted by Crippen LogP contribution is -2.44. The number of phenols is 1. The summed E-state index contributed by atoms with van der Waals surface area (Å²) in [4.78, 5) is 13.5. The van der Waals surface area contributed by atoms with Crippen molar-refractivity contribution >= 4 is 5.91 Å². The van der Waals surface area contributed by atoms with Gasteiger partial charge in [0.05, 0.1) is 24.9 Å². The molecule has 4 aromatic carbocycles. The van der Waals surface area contributed by atoms with Crippen molar-refractivity contribution in [3.8, 4) is 16.9 Å². The molecule has 1 aliphatic rings. The first kappa shape index (κ1) is 32.3. The van der Waals surface area contributed by atoms with Crippen LogP contribution >= 0.6 is 0 Å². The predicted molar refractivity (Wildman–Crippen MR) is 173 cm³/mol. The van der Waals surface area contributed by atoms with Gasteiger partial charge < -0.3 is 35.0 Å². The number of carbonyl (C=O) groups excluding carboxylic acids is 1. The van der Waals surface area contributed by atoms with Crippen molar-refractivity contribution in [2.75, 3.05) is 20.1 Å². The first-order chi connectivity index (χ1) is 21.7. The molecule has 0 radical (unpaired) electrons. The van der Waals surface area contributed by atoms with Crippen molar-refractivity contribution in [3.05, 3.63) is 125 Å². The molecule has 0 unspecified atom stereocenters. The topological polar surface area (TPSA) is 111 Å². The normalized spacial score (nSPS) is 20.6. The number of rotatable bonds is 11. The third-order valence-corrected chi connectivity index (χ3v) is 8.32. The number of aliphatic hydroxyl groups is 2. The van der Waals surface area contributed by atoms with E-state index in [4.69, 9.17) is 9.47 Å². The van der Waals surface area contributed by atoms with Crippen LogP contribution in [0.5, 0.6) is 5.75 Å². The van der Waals surface area contributed by atoms with Crippen LogP contribution in [-0.2, 0) is 27.4 Å². The van der Waals surface area contributed by atoms with Crippen molar-refractivity contribution in [3.63, 3.8) is 0 Å². The molecule has 0 aliphatic carbocycles. The zero-order valence-corrected chi connectivity index (χ0v) is 26.0. The van der Waals surface area contributed by atoms with E-state index in [0.29, 0.717) is 25.2 Å². The Morgan fingerprint density at radius 2 is 1.60 bits per heavy atom. The lowest BCUT2D eigenvalue weighted by molar-refractivity contribution is -0.276. The van der Waals surface area contributed by atoms with E-state index < -0.39 is 12.4 Å². The lowest BCUT2D eigenvalue weighted by atomic mass is 9.89. The van der Waals surface area contributed by atoms with E-state index in [2.05, 4.69) is 24.4 Å². The molecule has 5 atom stereocenters. The molecule has 8 nitrogen and oxygen atoms in total. The molecule has 45 heavy (non-hydrogen) atoms. The quantitative estimate of drug-likeness (QED) is 0.174. The van der Waals surface area contributed by atoms with Gasteiger partial charge >= 0.3 is 0 Å². The standard InChI is InChI=1S/C37H42N2O6/c1-24-35(22-39(3)21-34(43)31-10-6-12-33(42)19-31)44-37(45-36(24)28-15-13-26(23-40)14-16-28)32-11-5-9-30(18-32)29-8-4-7-27(17-29)20-38-25(2)41/h4-19,24,34-37,40,42-43H,20-23H2,1-3H3,(H,38,41)/t24-,34-,35+,36+,37+/m1/s1. The fourth-order valence-corrected chi connectivity index (χ4v) is 5.79. The molecule has 1 aliphatic heterocycles. The van der Waals surface area contributed by atoms with Crippen molar-refractivity contribution in [2.45, 2.75) is 51.6 Å². The van der Waals surface area contributed by atoms with Crippen molar-refractivity contribution in [1.29, 1.82) is 0 Å². The molecular weight excluding hydrogens is 568 g/mol. The fourth-order valence-electron chi connectivity index (χ4n) is 5.79. The second-order valence-corrected chi connectivity index (χ2v) is 11.9. The zero-order valence-electron chi connectivity index (χ0n) is 26.0. The zero-order chi connectivity index (χ0) is 31.9. The van der Waals surface area contributed by atoms with Crippen LogP contribution in [0.15, 0.2) is 97.1 Å². The number of ether oxygens (including phenoxy) is 2. The van der Waals surface area contributed by atoms with Crippen LogP contribution in [0.3, 0.4) is 0 Å². The van der Waals surface area contributed by atoms with E-state index in [1.54, 1.807) is 24.3 Å². The summed E-state index contributed by atoms with van der Waals surface area (Å²) in [6.07, 6.45) is -1.90. The highest BCUT2D eigenvalue weighted by Crippen LogP contribution is 2.42. The monoisotopic (exact) mass is 610 g/mol. The van der Waals surface area contributed by atoms with E-state index >= 15 is 0 Å². The Morgan fingerprint density at radius 3 is 2.31 bits per heavy atom. The van der Waals surface area contributed by atoms with Gasteiger partial charge in [0, 0.05) is 38.0 Å². The number of hydrogen-bond donors (Lipinski definition) is 4. The maximum atomic E-state index is 11.4. The molecule has 0 aromatic heterocycles. The summed E-state index contributed by atoms with van der Waals surface area (Å²) < 4.78 is 13.3. The first-order valence-electron chi connectivity index (χ1n) is 15.3. The minimum absolute atomic E-state index is 0.0183. The predicted octanol–water partition coefficient (Wildman–Crippen LogP) is 5.64. The van der Waals surface area contributed by atoms with E-state index in [0.717, 1.165) is 33.4 Å². The summed E-state index contributed by atoms with van der Waals surface area (Å²) in [6.45, 7) is 4.97. The van der Waals surface area contributed by atoms with Gasteiger partial charge in [-0.25, -0.2) is 0 Å². The molecule has 4 aromatic rings. The molecular formula is C37H42N2O6. The van der Waals surface area contributed by atoms with Crippen LogP contribution in [-0.4, -0.2) is 52.4 Å². The highest BCUT2D eigenvalue weighted by atomic mass is 16.7. The Balaban J connectivity index is 1.39. The van der Waals surface area contributed by atoms with Gasteiger partial charge in [0.2, 0.25) is 5.91 Å². The van der Waals surface area contributed by atoms with Gasteiger partial charge in [0.1, 0.15) is 5.75 Å². The summed E-state index contributed by atoms with van der Waals surface area (Å²) in [5.41, 5.74) is 6.42. The Kier molecular flexibility index (Phi) is 10.7. The van der Waals surface area contributed by atoms with Crippen LogP contribution in [0.25, 0.3) is 11.1 Å². The van der Waals surface area contributed by atoms with Crippen LogP contribution in [0.2, 0.25) is 0 Å². The molecule has 0 bridgehead atoms. The second-order valence-electron chi connectivity index (χ2n) is 11.9. The highest BCUT2D eigenvalue weighted by molar-refractivity contribution is 5.73. The lowest BCUT2D eigenvalue weighted by Gasteiger charge is -2.42. The van der Waals surface area contributed by atoms with Crippen molar-refractivity contribution in [2.24, 2.45) is 5.92 Å². The first-order valence-corrected chi connectivity index (χ1v) is 15.3. The maximum Gasteiger partial charge on any atom is 0.217 e. The summed E-state index contributed by atoms with van der Waals surface area (Å²) >= 11 is 0. The van der Waals surface area contributed by atoms with Crippen LogP contribution in [0.1, 0.15) is 60.2 Å². The maximum absolute atomic E-state index is 11.4. The number of carbonyl (C=O) groups is 1. The molecule has 1 saturated heterocycles. The SMILES string of the molecule is CC(=O)NCc1cccc(-c2cccc([C@H]3O[C@@H](CN(C)C[C@@H](O)c4cccc(O)c4)[C@@H](C)[C@@H](c4ccc(CO)cc4)O3)c2)c1. The van der Waals surface area contributed by atoms with E-state index in [-0.39, 0.29) is 36.4 Å².